The van der Waals surface area contributed by atoms with Crippen LogP contribution in [0.25, 0.3) is 10.1 Å². The summed E-state index contributed by atoms with van der Waals surface area (Å²) < 4.78 is 32.6. The molecular formula is C34H27N5O3S2. The van der Waals surface area contributed by atoms with Crippen LogP contribution in [0.5, 0.6) is 0 Å². The number of imidazole rings is 1. The molecule has 0 radical (unpaired) electrons. The number of nitriles is 1. The lowest BCUT2D eigenvalue weighted by Crippen LogP contribution is -2.31. The Morgan fingerprint density at radius 1 is 0.932 bits per heavy atom. The number of anilines is 1. The van der Waals surface area contributed by atoms with Gasteiger partial charge in [-0.25, -0.2) is 13.4 Å². The molecule has 10 heteroatoms. The van der Waals surface area contributed by atoms with Gasteiger partial charge in [-0.05, 0) is 71.0 Å². The number of sulfonamides is 1. The van der Waals surface area contributed by atoms with Crippen LogP contribution >= 0.6 is 11.3 Å². The number of thiophene rings is 1. The second kappa shape index (κ2) is 12.2. The molecule has 2 aromatic heterocycles. The van der Waals surface area contributed by atoms with Gasteiger partial charge in [0.1, 0.15) is 0 Å². The average molecular weight is 618 g/mol. The van der Waals surface area contributed by atoms with E-state index in [1.807, 2.05) is 59.2 Å². The van der Waals surface area contributed by atoms with Crippen LogP contribution in [-0.2, 0) is 29.5 Å². The number of benzene rings is 4. The first-order valence-electron chi connectivity index (χ1n) is 13.8. The number of carbonyl (C=O) groups is 1. The van der Waals surface area contributed by atoms with Gasteiger partial charge >= 0.3 is 0 Å². The summed E-state index contributed by atoms with van der Waals surface area (Å²) in [6, 6.07) is 32.9. The molecule has 2 heterocycles. The number of nitrogens with zero attached hydrogens (tertiary/aromatic N) is 4. The predicted molar refractivity (Wildman–Crippen MR) is 172 cm³/mol. The molecule has 0 aliphatic carbocycles. The van der Waals surface area contributed by atoms with Gasteiger partial charge in [0.2, 0.25) is 0 Å². The molecule has 0 aliphatic heterocycles. The van der Waals surface area contributed by atoms with Crippen LogP contribution in [0.2, 0.25) is 0 Å². The third-order valence-corrected chi connectivity index (χ3v) is 10.4. The SMILES string of the molecule is N#Cc1ccc(Cn2cncc2CN(c2ccc3sc(C(N)=O)c(Cc4ccccc4)c3c2)S(=O)(=O)c2ccccc2)cc1. The molecule has 0 atom stereocenters. The van der Waals surface area contributed by atoms with E-state index in [0.717, 1.165) is 26.8 Å². The number of hydrogen-bond acceptors (Lipinski definition) is 6. The van der Waals surface area contributed by atoms with Crippen molar-refractivity contribution in [3.8, 4) is 6.07 Å². The highest BCUT2D eigenvalue weighted by Gasteiger charge is 2.27. The number of primary amides is 1. The molecule has 4 aromatic carbocycles. The summed E-state index contributed by atoms with van der Waals surface area (Å²) in [7, 11) is -4.01. The fourth-order valence-electron chi connectivity index (χ4n) is 5.15. The van der Waals surface area contributed by atoms with Gasteiger partial charge in [0.15, 0.2) is 0 Å². The first-order valence-corrected chi connectivity index (χ1v) is 16.0. The maximum absolute atomic E-state index is 14.2. The zero-order valence-corrected chi connectivity index (χ0v) is 25.1. The lowest BCUT2D eigenvalue weighted by Gasteiger charge is -2.25. The summed E-state index contributed by atoms with van der Waals surface area (Å²) in [6.07, 6.45) is 3.80. The molecule has 2 N–H and O–H groups in total. The van der Waals surface area contributed by atoms with E-state index >= 15 is 0 Å². The third-order valence-electron chi connectivity index (χ3n) is 7.38. The van der Waals surface area contributed by atoms with Crippen molar-refractivity contribution in [2.45, 2.75) is 24.4 Å². The van der Waals surface area contributed by atoms with E-state index < -0.39 is 15.9 Å². The highest BCUT2D eigenvalue weighted by atomic mass is 32.2. The number of nitrogens with two attached hydrogens (primary N) is 1. The molecule has 44 heavy (non-hydrogen) atoms. The average Bonchev–Trinajstić information content (AvgIpc) is 3.64. The van der Waals surface area contributed by atoms with Gasteiger partial charge in [0.05, 0.1) is 45.7 Å². The minimum Gasteiger partial charge on any atom is -0.365 e. The molecule has 0 spiro atoms. The first-order chi connectivity index (χ1) is 21.3. The molecule has 0 fully saturated rings. The van der Waals surface area contributed by atoms with Gasteiger partial charge in [-0.1, -0.05) is 60.7 Å². The number of fused-ring (bicyclic) bond motifs is 1. The summed E-state index contributed by atoms with van der Waals surface area (Å²) in [5.74, 6) is -0.515. The number of aromatic nitrogens is 2. The van der Waals surface area contributed by atoms with E-state index in [0.29, 0.717) is 34.8 Å². The van der Waals surface area contributed by atoms with Gasteiger partial charge in [-0.15, -0.1) is 11.3 Å². The monoisotopic (exact) mass is 617 g/mol. The Hall–Kier alpha value is -5.24. The molecule has 6 rings (SSSR count). The van der Waals surface area contributed by atoms with E-state index in [-0.39, 0.29) is 11.4 Å². The fraction of sp³-hybridized carbons (Fsp3) is 0.0882. The topological polar surface area (TPSA) is 122 Å². The number of hydrogen-bond donors (Lipinski definition) is 1. The molecule has 0 saturated carbocycles. The van der Waals surface area contributed by atoms with Gasteiger partial charge in [0.25, 0.3) is 15.9 Å². The summed E-state index contributed by atoms with van der Waals surface area (Å²) in [6.45, 7) is 0.465. The van der Waals surface area contributed by atoms with Crippen LogP contribution in [-0.4, -0.2) is 23.9 Å². The second-order valence-corrected chi connectivity index (χ2v) is 13.2. The van der Waals surface area contributed by atoms with Crippen LogP contribution in [0.3, 0.4) is 0 Å². The Morgan fingerprint density at radius 2 is 1.64 bits per heavy atom. The van der Waals surface area contributed by atoms with Crippen molar-refractivity contribution in [2.75, 3.05) is 4.31 Å². The van der Waals surface area contributed by atoms with Crippen molar-refractivity contribution in [1.29, 1.82) is 5.26 Å². The predicted octanol–water partition coefficient (Wildman–Crippen LogP) is 6.10. The van der Waals surface area contributed by atoms with Crippen molar-refractivity contribution in [2.24, 2.45) is 5.73 Å². The van der Waals surface area contributed by atoms with E-state index in [9.17, 15) is 13.2 Å². The first kappa shape index (κ1) is 28.9. The summed E-state index contributed by atoms with van der Waals surface area (Å²) in [4.78, 5) is 17.4. The molecular weight excluding hydrogens is 591 g/mol. The number of rotatable bonds is 10. The normalized spacial score (nSPS) is 11.3. The van der Waals surface area contributed by atoms with Gasteiger partial charge in [0, 0.05) is 17.4 Å². The molecule has 6 aromatic rings. The van der Waals surface area contributed by atoms with Crippen LogP contribution < -0.4 is 10.0 Å². The van der Waals surface area contributed by atoms with E-state index in [4.69, 9.17) is 11.0 Å². The summed E-state index contributed by atoms with van der Waals surface area (Å²) >= 11 is 1.31. The van der Waals surface area contributed by atoms with Crippen molar-refractivity contribution < 1.29 is 13.2 Å². The van der Waals surface area contributed by atoms with Gasteiger partial charge in [-0.2, -0.15) is 5.26 Å². The van der Waals surface area contributed by atoms with Crippen molar-refractivity contribution in [1.82, 2.24) is 9.55 Å². The Labute approximate surface area is 259 Å². The Balaban J connectivity index is 1.44. The Morgan fingerprint density at radius 3 is 2.32 bits per heavy atom. The van der Waals surface area contributed by atoms with Crippen molar-refractivity contribution in [3.05, 3.63) is 148 Å². The van der Waals surface area contributed by atoms with E-state index in [1.54, 1.807) is 61.1 Å². The molecule has 218 valence electrons. The number of carbonyl (C=O) groups excluding carboxylic acids is 1. The van der Waals surface area contributed by atoms with E-state index in [2.05, 4.69) is 11.1 Å². The lowest BCUT2D eigenvalue weighted by molar-refractivity contribution is 0.100. The molecule has 0 saturated heterocycles. The van der Waals surface area contributed by atoms with Crippen molar-refractivity contribution in [3.63, 3.8) is 0 Å². The van der Waals surface area contributed by atoms with Gasteiger partial charge < -0.3 is 10.3 Å². The fourth-order valence-corrected chi connectivity index (χ4v) is 7.65. The van der Waals surface area contributed by atoms with Crippen molar-refractivity contribution >= 4 is 43.0 Å². The third kappa shape index (κ3) is 5.83. The molecule has 0 unspecified atom stereocenters. The largest absolute Gasteiger partial charge is 0.365 e. The van der Waals surface area contributed by atoms with Gasteiger partial charge in [-0.3, -0.25) is 9.10 Å². The van der Waals surface area contributed by atoms with Crippen LogP contribution in [0.4, 0.5) is 5.69 Å². The summed E-state index contributed by atoms with van der Waals surface area (Å²) in [5.41, 5.74) is 10.2. The maximum atomic E-state index is 14.2. The second-order valence-electron chi connectivity index (χ2n) is 10.3. The quantitative estimate of drug-likeness (QED) is 0.199. The summed E-state index contributed by atoms with van der Waals surface area (Å²) in [5, 5.41) is 9.92. The smallest absolute Gasteiger partial charge is 0.264 e. The Bertz CT molecular complexity index is 2100. The Kier molecular flexibility index (Phi) is 7.98. The molecule has 1 amide bonds. The zero-order valence-electron chi connectivity index (χ0n) is 23.5. The highest BCUT2D eigenvalue weighted by Crippen LogP contribution is 2.37. The minimum absolute atomic E-state index is 0.0137. The van der Waals surface area contributed by atoms with E-state index in [1.165, 1.54) is 15.6 Å². The standard InChI is InChI=1S/C34H27N5O3S2/c35-19-25-11-13-26(14-12-25)21-38-23-37-20-28(38)22-39(44(41,42)29-9-5-2-6-10-29)27-15-16-32-30(18-27)31(33(43-32)34(36)40)17-24-7-3-1-4-8-24/h1-16,18,20,23H,17,21-22H2,(H2,36,40). The lowest BCUT2D eigenvalue weighted by atomic mass is 10.0. The van der Waals surface area contributed by atoms with Crippen LogP contribution in [0.1, 0.15) is 37.6 Å². The van der Waals surface area contributed by atoms with Crippen LogP contribution in [0.15, 0.2) is 121 Å². The molecule has 0 aliphatic rings. The van der Waals surface area contributed by atoms with Crippen LogP contribution in [0, 0.1) is 11.3 Å². The highest BCUT2D eigenvalue weighted by molar-refractivity contribution is 7.92. The molecule has 0 bridgehead atoms. The minimum atomic E-state index is -4.01. The maximum Gasteiger partial charge on any atom is 0.264 e. The molecule has 8 nitrogen and oxygen atoms in total. The number of amides is 1. The zero-order chi connectivity index (χ0) is 30.7.